The third-order valence-electron chi connectivity index (χ3n) is 5.42. The number of rotatable bonds is 6. The van der Waals surface area contributed by atoms with Gasteiger partial charge in [0, 0.05) is 5.56 Å². The van der Waals surface area contributed by atoms with E-state index in [-0.39, 0.29) is 6.79 Å². The zero-order chi connectivity index (χ0) is 19.6. The summed E-state index contributed by atoms with van der Waals surface area (Å²) in [7, 11) is -3.41. The van der Waals surface area contributed by atoms with Crippen molar-refractivity contribution in [3.05, 3.63) is 53.6 Å². The fourth-order valence-corrected chi connectivity index (χ4v) is 5.27. The second-order valence-electron chi connectivity index (χ2n) is 7.41. The molecule has 1 saturated heterocycles. The van der Waals surface area contributed by atoms with Gasteiger partial charge in [0.2, 0.25) is 16.8 Å². The fraction of sp³-hybridized carbons (Fsp3) is 0.429. The lowest BCUT2D eigenvalue weighted by Gasteiger charge is -2.31. The molecule has 1 N–H and O–H groups in total. The highest BCUT2D eigenvalue weighted by Crippen LogP contribution is 2.32. The summed E-state index contributed by atoms with van der Waals surface area (Å²) in [6.07, 6.45) is 2.03. The van der Waals surface area contributed by atoms with Gasteiger partial charge in [-0.15, -0.1) is 0 Å². The van der Waals surface area contributed by atoms with Gasteiger partial charge in [0.1, 0.15) is 6.54 Å². The zero-order valence-electron chi connectivity index (χ0n) is 16.2. The largest absolute Gasteiger partial charge is 0.454 e. The van der Waals surface area contributed by atoms with Crippen LogP contribution in [0.15, 0.2) is 47.4 Å². The minimum Gasteiger partial charge on any atom is -0.454 e. The summed E-state index contributed by atoms with van der Waals surface area (Å²) < 4.78 is 38.3. The summed E-state index contributed by atoms with van der Waals surface area (Å²) in [6, 6.07) is 13.4. The standard InChI is InChI=1S/C21H26N2O4S/c1-2-3-17-4-7-19(8-5-17)28(24,25)23-12-10-22(11-13-23)15-18-6-9-20-21(14-18)27-16-26-20/h4-9,14H,2-3,10-13,15-16H2,1H3/p+1. The lowest BCUT2D eigenvalue weighted by molar-refractivity contribution is -0.917. The van der Waals surface area contributed by atoms with Crippen molar-refractivity contribution in [1.82, 2.24) is 4.31 Å². The number of quaternary nitrogens is 1. The second kappa shape index (κ2) is 8.11. The molecule has 28 heavy (non-hydrogen) atoms. The summed E-state index contributed by atoms with van der Waals surface area (Å²) in [4.78, 5) is 1.77. The number of nitrogens with one attached hydrogen (secondary N) is 1. The third-order valence-corrected chi connectivity index (χ3v) is 7.33. The second-order valence-corrected chi connectivity index (χ2v) is 9.35. The number of fused-ring (bicyclic) bond motifs is 1. The van der Waals surface area contributed by atoms with Crippen LogP contribution >= 0.6 is 0 Å². The molecule has 0 aromatic heterocycles. The number of ether oxygens (including phenoxy) is 2. The molecule has 0 unspecified atom stereocenters. The number of hydrogen-bond acceptors (Lipinski definition) is 4. The molecule has 2 aliphatic rings. The Hall–Kier alpha value is -2.09. The summed E-state index contributed by atoms with van der Waals surface area (Å²) in [6.45, 7) is 5.93. The van der Waals surface area contributed by atoms with Crippen molar-refractivity contribution >= 4 is 10.0 Å². The van der Waals surface area contributed by atoms with Gasteiger partial charge in [-0.05, 0) is 42.3 Å². The Labute approximate surface area is 166 Å². The van der Waals surface area contributed by atoms with E-state index < -0.39 is 10.0 Å². The average Bonchev–Trinajstić information content (AvgIpc) is 3.17. The molecule has 6 nitrogen and oxygen atoms in total. The lowest BCUT2D eigenvalue weighted by atomic mass is 10.1. The molecule has 7 heteroatoms. The zero-order valence-corrected chi connectivity index (χ0v) is 17.0. The molecular formula is C21H27N2O4S+. The maximum atomic E-state index is 12.9. The van der Waals surface area contributed by atoms with E-state index in [1.165, 1.54) is 16.0 Å². The van der Waals surface area contributed by atoms with Crippen LogP contribution < -0.4 is 14.4 Å². The van der Waals surface area contributed by atoms with Crippen LogP contribution in [0.4, 0.5) is 0 Å². The van der Waals surface area contributed by atoms with E-state index in [0.29, 0.717) is 18.0 Å². The van der Waals surface area contributed by atoms with Crippen LogP contribution in [0.25, 0.3) is 0 Å². The van der Waals surface area contributed by atoms with E-state index in [1.807, 2.05) is 24.3 Å². The summed E-state index contributed by atoms with van der Waals surface area (Å²) in [5.41, 5.74) is 2.36. The number of aryl methyl sites for hydroxylation is 1. The normalized spacial score (nSPS) is 17.8. The van der Waals surface area contributed by atoms with Crippen LogP contribution in [-0.4, -0.2) is 45.7 Å². The molecule has 2 aliphatic heterocycles. The molecule has 0 aliphatic carbocycles. The summed E-state index contributed by atoms with van der Waals surface area (Å²) in [5.74, 6) is 1.59. The fourth-order valence-electron chi connectivity index (χ4n) is 3.82. The Balaban J connectivity index is 1.36. The van der Waals surface area contributed by atoms with Crippen LogP contribution in [0.2, 0.25) is 0 Å². The Morgan fingerprint density at radius 2 is 1.64 bits per heavy atom. The van der Waals surface area contributed by atoms with Gasteiger partial charge in [-0.2, -0.15) is 4.31 Å². The molecule has 0 bridgehead atoms. The number of piperazine rings is 1. The van der Waals surface area contributed by atoms with Gasteiger partial charge in [-0.3, -0.25) is 0 Å². The number of benzene rings is 2. The van der Waals surface area contributed by atoms with E-state index in [9.17, 15) is 8.42 Å². The molecule has 0 radical (unpaired) electrons. The highest BCUT2D eigenvalue weighted by Gasteiger charge is 2.30. The first-order chi connectivity index (χ1) is 13.6. The molecule has 4 rings (SSSR count). The lowest BCUT2D eigenvalue weighted by Crippen LogP contribution is -3.13. The molecule has 0 amide bonds. The summed E-state index contributed by atoms with van der Waals surface area (Å²) >= 11 is 0. The first-order valence-electron chi connectivity index (χ1n) is 9.87. The van der Waals surface area contributed by atoms with E-state index in [2.05, 4.69) is 13.0 Å². The van der Waals surface area contributed by atoms with Gasteiger partial charge in [0.15, 0.2) is 11.5 Å². The van der Waals surface area contributed by atoms with Crippen molar-refractivity contribution in [2.45, 2.75) is 31.2 Å². The van der Waals surface area contributed by atoms with E-state index in [0.717, 1.165) is 44.0 Å². The maximum absolute atomic E-state index is 12.9. The van der Waals surface area contributed by atoms with Crippen molar-refractivity contribution in [3.63, 3.8) is 0 Å². The monoisotopic (exact) mass is 403 g/mol. The average molecular weight is 404 g/mol. The number of nitrogens with zero attached hydrogens (tertiary/aromatic N) is 1. The highest BCUT2D eigenvalue weighted by atomic mass is 32.2. The van der Waals surface area contributed by atoms with Gasteiger partial charge >= 0.3 is 0 Å². The molecule has 2 aromatic carbocycles. The molecule has 2 aromatic rings. The first-order valence-corrected chi connectivity index (χ1v) is 11.3. The van der Waals surface area contributed by atoms with Gasteiger partial charge in [-0.25, -0.2) is 8.42 Å². The van der Waals surface area contributed by atoms with Gasteiger partial charge < -0.3 is 14.4 Å². The van der Waals surface area contributed by atoms with E-state index in [1.54, 1.807) is 16.4 Å². The van der Waals surface area contributed by atoms with Crippen molar-refractivity contribution in [1.29, 1.82) is 0 Å². The topological polar surface area (TPSA) is 60.3 Å². The van der Waals surface area contributed by atoms with Crippen molar-refractivity contribution in [3.8, 4) is 11.5 Å². The van der Waals surface area contributed by atoms with Crippen molar-refractivity contribution in [2.75, 3.05) is 33.0 Å². The smallest absolute Gasteiger partial charge is 0.243 e. The van der Waals surface area contributed by atoms with E-state index in [4.69, 9.17) is 9.47 Å². The molecular weight excluding hydrogens is 376 g/mol. The van der Waals surface area contributed by atoms with Crippen LogP contribution in [0.1, 0.15) is 24.5 Å². The SMILES string of the molecule is CCCc1ccc(S(=O)(=O)N2CC[NH+](Cc3ccc4c(c3)OCO4)CC2)cc1. The summed E-state index contributed by atoms with van der Waals surface area (Å²) in [5, 5.41) is 0. The van der Waals surface area contributed by atoms with Gasteiger partial charge in [0.05, 0.1) is 31.1 Å². The highest BCUT2D eigenvalue weighted by molar-refractivity contribution is 7.89. The number of hydrogen-bond donors (Lipinski definition) is 1. The molecule has 0 spiro atoms. The Morgan fingerprint density at radius 3 is 2.36 bits per heavy atom. The van der Waals surface area contributed by atoms with Gasteiger partial charge in [-0.1, -0.05) is 25.5 Å². The molecule has 0 atom stereocenters. The predicted molar refractivity (Wildman–Crippen MR) is 106 cm³/mol. The van der Waals surface area contributed by atoms with Crippen molar-refractivity contribution < 1.29 is 22.8 Å². The number of sulfonamides is 1. The minimum absolute atomic E-state index is 0.279. The Bertz CT molecular complexity index is 920. The molecule has 0 saturated carbocycles. The van der Waals surface area contributed by atoms with Crippen LogP contribution in [0.5, 0.6) is 11.5 Å². The Kier molecular flexibility index (Phi) is 5.57. The van der Waals surface area contributed by atoms with Crippen LogP contribution in [0.3, 0.4) is 0 Å². The molecule has 150 valence electrons. The maximum Gasteiger partial charge on any atom is 0.243 e. The van der Waals surface area contributed by atoms with Crippen LogP contribution in [-0.2, 0) is 23.0 Å². The third kappa shape index (κ3) is 4.01. The van der Waals surface area contributed by atoms with E-state index >= 15 is 0 Å². The Morgan fingerprint density at radius 1 is 0.964 bits per heavy atom. The van der Waals surface area contributed by atoms with Crippen molar-refractivity contribution in [2.24, 2.45) is 0 Å². The quantitative estimate of drug-likeness (QED) is 0.793. The predicted octanol–water partition coefficient (Wildman–Crippen LogP) is 1.46. The molecule has 1 fully saturated rings. The van der Waals surface area contributed by atoms with Crippen LogP contribution in [0, 0.1) is 0 Å². The minimum atomic E-state index is -3.41. The molecule has 2 heterocycles. The first kappa shape index (κ1) is 19.2. The van der Waals surface area contributed by atoms with Gasteiger partial charge in [0.25, 0.3) is 0 Å².